The van der Waals surface area contributed by atoms with Crippen molar-refractivity contribution in [2.75, 3.05) is 11.1 Å². The Hall–Kier alpha value is -3.34. The fraction of sp³-hybridized carbons (Fsp3) is 0.143. The molecule has 26 heavy (non-hydrogen) atoms. The van der Waals surface area contributed by atoms with E-state index in [2.05, 4.69) is 10.3 Å². The normalized spacial score (nSPS) is 10.4. The summed E-state index contributed by atoms with van der Waals surface area (Å²) in [6.07, 6.45) is 0. The number of nitrogens with one attached hydrogen (secondary N) is 1. The number of hydrogen-bond donors (Lipinski definition) is 2. The predicted octanol–water partition coefficient (Wildman–Crippen LogP) is 4.63. The van der Waals surface area contributed by atoms with Crippen LogP contribution in [0.4, 0.5) is 11.5 Å². The number of hydrogen-bond acceptors (Lipinski definition) is 4. The molecular weight excluding hydrogens is 326 g/mol. The van der Waals surface area contributed by atoms with Crippen LogP contribution in [0.25, 0.3) is 0 Å². The molecule has 0 saturated heterocycles. The standard InChI is InChI=1S/C21H21N3O2/c1-13-4-8-17(9-5-13)26-18-10-6-16(7-11-18)24-21(25)19-14(2)12-15(3)23-20(19)22/h4-12H,1-3H3,(H2,22,23)(H,24,25). The number of anilines is 2. The number of pyridine rings is 1. The molecule has 1 heterocycles. The van der Waals surface area contributed by atoms with Gasteiger partial charge in [0.05, 0.1) is 5.56 Å². The van der Waals surface area contributed by atoms with Crippen molar-refractivity contribution in [3.05, 3.63) is 77.0 Å². The van der Waals surface area contributed by atoms with Crippen LogP contribution in [0.15, 0.2) is 54.6 Å². The van der Waals surface area contributed by atoms with E-state index in [0.29, 0.717) is 17.0 Å². The molecule has 0 bridgehead atoms. The van der Waals surface area contributed by atoms with Crippen molar-refractivity contribution in [2.45, 2.75) is 20.8 Å². The maximum Gasteiger partial charge on any atom is 0.259 e. The molecule has 132 valence electrons. The summed E-state index contributed by atoms with van der Waals surface area (Å²) in [6, 6.07) is 16.8. The average molecular weight is 347 g/mol. The van der Waals surface area contributed by atoms with E-state index in [-0.39, 0.29) is 11.7 Å². The maximum atomic E-state index is 12.5. The van der Waals surface area contributed by atoms with Gasteiger partial charge in [0.15, 0.2) is 0 Å². The first-order valence-corrected chi connectivity index (χ1v) is 8.32. The Morgan fingerprint density at radius 3 is 2.12 bits per heavy atom. The summed E-state index contributed by atoms with van der Waals surface area (Å²) in [5, 5.41) is 2.84. The van der Waals surface area contributed by atoms with Gasteiger partial charge >= 0.3 is 0 Å². The number of amides is 1. The topological polar surface area (TPSA) is 77.2 Å². The highest BCUT2D eigenvalue weighted by molar-refractivity contribution is 6.08. The fourth-order valence-corrected chi connectivity index (χ4v) is 2.70. The van der Waals surface area contributed by atoms with Crippen LogP contribution < -0.4 is 15.8 Å². The third-order valence-electron chi connectivity index (χ3n) is 3.97. The highest BCUT2D eigenvalue weighted by Crippen LogP contribution is 2.24. The number of nitrogens with zero attached hydrogens (tertiary/aromatic N) is 1. The van der Waals surface area contributed by atoms with E-state index in [9.17, 15) is 4.79 Å². The maximum absolute atomic E-state index is 12.5. The van der Waals surface area contributed by atoms with Crippen LogP contribution in [0.1, 0.15) is 27.2 Å². The van der Waals surface area contributed by atoms with E-state index in [1.165, 1.54) is 5.56 Å². The third kappa shape index (κ3) is 4.00. The molecule has 0 radical (unpaired) electrons. The Labute approximate surface area is 152 Å². The first-order chi connectivity index (χ1) is 12.4. The van der Waals surface area contributed by atoms with Gasteiger partial charge in [0.2, 0.25) is 0 Å². The van der Waals surface area contributed by atoms with Crippen LogP contribution in [0, 0.1) is 20.8 Å². The number of aromatic nitrogens is 1. The first-order valence-electron chi connectivity index (χ1n) is 8.32. The molecule has 0 saturated carbocycles. The second kappa shape index (κ2) is 7.27. The van der Waals surface area contributed by atoms with Crippen molar-refractivity contribution in [3.8, 4) is 11.5 Å². The zero-order valence-corrected chi connectivity index (χ0v) is 15.0. The lowest BCUT2D eigenvalue weighted by Crippen LogP contribution is -2.17. The summed E-state index contributed by atoms with van der Waals surface area (Å²) < 4.78 is 5.79. The molecule has 0 unspecified atom stereocenters. The molecule has 3 N–H and O–H groups in total. The SMILES string of the molecule is Cc1ccc(Oc2ccc(NC(=O)c3c(C)cc(C)nc3N)cc2)cc1. The molecule has 0 aliphatic carbocycles. The number of nitrogens with two attached hydrogens (primary N) is 1. The van der Waals surface area contributed by atoms with Crippen molar-refractivity contribution in [2.24, 2.45) is 0 Å². The molecule has 2 aromatic carbocycles. The molecule has 3 rings (SSSR count). The molecule has 0 fully saturated rings. The average Bonchev–Trinajstić information content (AvgIpc) is 2.58. The van der Waals surface area contributed by atoms with Crippen LogP contribution in [0.3, 0.4) is 0 Å². The minimum Gasteiger partial charge on any atom is -0.457 e. The van der Waals surface area contributed by atoms with Crippen LogP contribution in [0.5, 0.6) is 11.5 Å². The van der Waals surface area contributed by atoms with Gasteiger partial charge in [-0.1, -0.05) is 17.7 Å². The predicted molar refractivity (Wildman–Crippen MR) is 104 cm³/mol. The highest BCUT2D eigenvalue weighted by atomic mass is 16.5. The summed E-state index contributed by atoms with van der Waals surface area (Å²) in [5.41, 5.74) is 9.72. The van der Waals surface area contributed by atoms with E-state index in [4.69, 9.17) is 10.5 Å². The fourth-order valence-electron chi connectivity index (χ4n) is 2.70. The zero-order valence-electron chi connectivity index (χ0n) is 15.0. The van der Waals surface area contributed by atoms with Crippen molar-refractivity contribution in [3.63, 3.8) is 0 Å². The van der Waals surface area contributed by atoms with Crippen LogP contribution in [0.2, 0.25) is 0 Å². The lowest BCUT2D eigenvalue weighted by atomic mass is 10.1. The van der Waals surface area contributed by atoms with Gasteiger partial charge < -0.3 is 15.8 Å². The number of carbonyl (C=O) groups excluding carboxylic acids is 1. The van der Waals surface area contributed by atoms with E-state index in [1.807, 2.05) is 51.1 Å². The van der Waals surface area contributed by atoms with Crippen molar-refractivity contribution >= 4 is 17.4 Å². The Morgan fingerprint density at radius 2 is 1.54 bits per heavy atom. The Morgan fingerprint density at radius 1 is 0.962 bits per heavy atom. The number of carbonyl (C=O) groups is 1. The largest absolute Gasteiger partial charge is 0.457 e. The van der Waals surface area contributed by atoms with Gasteiger partial charge in [-0.05, 0) is 68.8 Å². The Balaban J connectivity index is 1.71. The molecule has 1 amide bonds. The van der Waals surface area contributed by atoms with Crippen LogP contribution >= 0.6 is 0 Å². The van der Waals surface area contributed by atoms with E-state index in [1.54, 1.807) is 24.3 Å². The second-order valence-electron chi connectivity index (χ2n) is 6.23. The van der Waals surface area contributed by atoms with Crippen LogP contribution in [-0.4, -0.2) is 10.9 Å². The van der Waals surface area contributed by atoms with Crippen molar-refractivity contribution in [1.29, 1.82) is 0 Å². The van der Waals surface area contributed by atoms with E-state index in [0.717, 1.165) is 17.0 Å². The number of nitrogen functional groups attached to an aromatic ring is 1. The van der Waals surface area contributed by atoms with Gasteiger partial charge in [-0.25, -0.2) is 4.98 Å². The van der Waals surface area contributed by atoms with Crippen molar-refractivity contribution in [1.82, 2.24) is 4.98 Å². The van der Waals surface area contributed by atoms with Gasteiger partial charge in [0.25, 0.3) is 5.91 Å². The summed E-state index contributed by atoms with van der Waals surface area (Å²) in [7, 11) is 0. The smallest absolute Gasteiger partial charge is 0.259 e. The number of rotatable bonds is 4. The zero-order chi connectivity index (χ0) is 18.7. The lowest BCUT2D eigenvalue weighted by Gasteiger charge is -2.11. The summed E-state index contributed by atoms with van der Waals surface area (Å²) in [6.45, 7) is 5.72. The summed E-state index contributed by atoms with van der Waals surface area (Å²) in [5.74, 6) is 1.42. The monoisotopic (exact) mass is 347 g/mol. The van der Waals surface area contributed by atoms with E-state index < -0.39 is 0 Å². The molecule has 3 aromatic rings. The first kappa shape index (κ1) is 17.5. The second-order valence-corrected chi connectivity index (χ2v) is 6.23. The van der Waals surface area contributed by atoms with Crippen molar-refractivity contribution < 1.29 is 9.53 Å². The lowest BCUT2D eigenvalue weighted by molar-refractivity contribution is 0.102. The summed E-state index contributed by atoms with van der Waals surface area (Å²) >= 11 is 0. The molecule has 0 atom stereocenters. The Kier molecular flexibility index (Phi) is 4.89. The molecule has 5 nitrogen and oxygen atoms in total. The number of ether oxygens (including phenoxy) is 1. The van der Waals surface area contributed by atoms with Gasteiger partial charge in [0.1, 0.15) is 17.3 Å². The van der Waals surface area contributed by atoms with Gasteiger partial charge in [-0.15, -0.1) is 0 Å². The summed E-state index contributed by atoms with van der Waals surface area (Å²) in [4.78, 5) is 16.7. The quantitative estimate of drug-likeness (QED) is 0.721. The number of aryl methyl sites for hydroxylation is 3. The minimum atomic E-state index is -0.278. The molecular formula is C21H21N3O2. The Bertz CT molecular complexity index is 909. The highest BCUT2D eigenvalue weighted by Gasteiger charge is 2.15. The minimum absolute atomic E-state index is 0.235. The molecule has 0 aliphatic rings. The third-order valence-corrected chi connectivity index (χ3v) is 3.97. The number of benzene rings is 2. The molecule has 5 heteroatoms. The molecule has 0 spiro atoms. The van der Waals surface area contributed by atoms with Gasteiger partial charge in [-0.3, -0.25) is 4.79 Å². The van der Waals surface area contributed by atoms with Crippen LogP contribution in [-0.2, 0) is 0 Å². The molecule has 1 aromatic heterocycles. The van der Waals surface area contributed by atoms with Gasteiger partial charge in [-0.2, -0.15) is 0 Å². The molecule has 0 aliphatic heterocycles. The van der Waals surface area contributed by atoms with E-state index >= 15 is 0 Å². The van der Waals surface area contributed by atoms with Gasteiger partial charge in [0, 0.05) is 11.4 Å².